The smallest absolute Gasteiger partial charge is 0.416 e. The standard InChI is InChI=1S/C16H9F3N2O3/c17-16(18,19)9-4-3-5-10(8-9)21-12-7-2-1-6-11(12)14(22)13(20-21)15(23)24/h1-8H,(H,23,24). The van der Waals surface area contributed by atoms with Gasteiger partial charge in [-0.2, -0.15) is 18.3 Å². The molecule has 1 heterocycles. The molecule has 1 aromatic heterocycles. The molecule has 1 N–H and O–H groups in total. The highest BCUT2D eigenvalue weighted by Gasteiger charge is 2.30. The van der Waals surface area contributed by atoms with E-state index in [2.05, 4.69) is 5.10 Å². The van der Waals surface area contributed by atoms with Crippen molar-refractivity contribution in [2.45, 2.75) is 6.18 Å². The summed E-state index contributed by atoms with van der Waals surface area (Å²) in [7, 11) is 0. The SMILES string of the molecule is O=C(O)c1nn(-c2cccc(C(F)(F)F)c2)c2ccccc2c1=O. The summed E-state index contributed by atoms with van der Waals surface area (Å²) in [5.41, 5.74) is -2.23. The molecule has 8 heteroatoms. The second-order valence-corrected chi connectivity index (χ2v) is 4.96. The summed E-state index contributed by atoms with van der Waals surface area (Å²) in [6.07, 6.45) is -4.56. The van der Waals surface area contributed by atoms with Gasteiger partial charge in [-0.3, -0.25) is 4.79 Å². The number of alkyl halides is 3. The van der Waals surface area contributed by atoms with Crippen LogP contribution in [-0.2, 0) is 6.18 Å². The van der Waals surface area contributed by atoms with Gasteiger partial charge in [-0.25, -0.2) is 9.48 Å². The number of hydrogen-bond donors (Lipinski definition) is 1. The van der Waals surface area contributed by atoms with E-state index < -0.39 is 28.8 Å². The van der Waals surface area contributed by atoms with Crippen LogP contribution in [0.25, 0.3) is 16.6 Å². The number of carboxylic acids is 1. The van der Waals surface area contributed by atoms with Crippen LogP contribution in [0.5, 0.6) is 0 Å². The first-order valence-corrected chi connectivity index (χ1v) is 6.72. The molecule has 24 heavy (non-hydrogen) atoms. The van der Waals surface area contributed by atoms with Gasteiger partial charge in [0, 0.05) is 0 Å². The molecule has 0 spiro atoms. The molecule has 0 amide bonds. The van der Waals surface area contributed by atoms with Gasteiger partial charge in [-0.15, -0.1) is 0 Å². The van der Waals surface area contributed by atoms with E-state index in [1.165, 1.54) is 30.3 Å². The Balaban J connectivity index is 2.36. The van der Waals surface area contributed by atoms with Crippen molar-refractivity contribution in [1.82, 2.24) is 9.78 Å². The van der Waals surface area contributed by atoms with Crippen LogP contribution in [0.1, 0.15) is 16.1 Å². The van der Waals surface area contributed by atoms with Crippen LogP contribution in [0, 0.1) is 0 Å². The minimum absolute atomic E-state index is 0.00326. The lowest BCUT2D eigenvalue weighted by Crippen LogP contribution is -2.22. The number of rotatable bonds is 2. The Morgan fingerprint density at radius 2 is 1.79 bits per heavy atom. The quantitative estimate of drug-likeness (QED) is 0.782. The van der Waals surface area contributed by atoms with E-state index >= 15 is 0 Å². The van der Waals surface area contributed by atoms with Gasteiger partial charge in [-0.1, -0.05) is 18.2 Å². The molecule has 0 saturated heterocycles. The maximum absolute atomic E-state index is 12.9. The van der Waals surface area contributed by atoms with E-state index in [0.29, 0.717) is 0 Å². The lowest BCUT2D eigenvalue weighted by atomic mass is 10.1. The first kappa shape index (κ1) is 15.7. The highest BCUT2D eigenvalue weighted by Crippen LogP contribution is 2.30. The van der Waals surface area contributed by atoms with Gasteiger partial charge < -0.3 is 5.11 Å². The molecule has 0 unspecified atom stereocenters. The Kier molecular flexibility index (Phi) is 3.59. The summed E-state index contributed by atoms with van der Waals surface area (Å²) in [4.78, 5) is 23.4. The fourth-order valence-corrected chi connectivity index (χ4v) is 2.33. The fraction of sp³-hybridized carbons (Fsp3) is 0.0625. The summed E-state index contributed by atoms with van der Waals surface area (Å²) < 4.78 is 39.7. The predicted molar refractivity (Wildman–Crippen MR) is 79.3 cm³/mol. The van der Waals surface area contributed by atoms with Gasteiger partial charge >= 0.3 is 12.1 Å². The topological polar surface area (TPSA) is 72.2 Å². The predicted octanol–water partition coefficient (Wildman–Crippen LogP) is 3.10. The van der Waals surface area contributed by atoms with Crippen LogP contribution in [0.3, 0.4) is 0 Å². The first-order chi connectivity index (χ1) is 11.3. The number of para-hydroxylation sites is 1. The van der Waals surface area contributed by atoms with Crippen molar-refractivity contribution in [3.05, 3.63) is 70.0 Å². The normalized spacial score (nSPS) is 11.6. The molecule has 3 rings (SSSR count). The Morgan fingerprint density at radius 1 is 1.08 bits per heavy atom. The average molecular weight is 334 g/mol. The molecule has 122 valence electrons. The molecule has 0 fully saturated rings. The maximum Gasteiger partial charge on any atom is 0.416 e. The molecule has 0 bridgehead atoms. The summed E-state index contributed by atoms with van der Waals surface area (Å²) in [6, 6.07) is 10.3. The second-order valence-electron chi connectivity index (χ2n) is 4.96. The van der Waals surface area contributed by atoms with Crippen LogP contribution in [0.4, 0.5) is 13.2 Å². The van der Waals surface area contributed by atoms with E-state index in [1.54, 1.807) is 6.07 Å². The summed E-state index contributed by atoms with van der Waals surface area (Å²) in [5.74, 6) is -1.55. The second kappa shape index (κ2) is 5.48. The van der Waals surface area contributed by atoms with Gasteiger partial charge in [0.1, 0.15) is 0 Å². The zero-order valence-electron chi connectivity index (χ0n) is 11.9. The number of nitrogens with zero attached hydrogens (tertiary/aromatic N) is 2. The van der Waals surface area contributed by atoms with E-state index in [-0.39, 0.29) is 16.6 Å². The van der Waals surface area contributed by atoms with Crippen molar-refractivity contribution in [1.29, 1.82) is 0 Å². The number of carbonyl (C=O) groups is 1. The number of fused-ring (bicyclic) bond motifs is 1. The number of benzene rings is 2. The van der Waals surface area contributed by atoms with Crippen molar-refractivity contribution in [2.75, 3.05) is 0 Å². The van der Waals surface area contributed by atoms with E-state index in [1.807, 2.05) is 0 Å². The fourth-order valence-electron chi connectivity index (χ4n) is 2.33. The molecule has 0 aliphatic carbocycles. The van der Waals surface area contributed by atoms with Crippen LogP contribution in [-0.4, -0.2) is 20.9 Å². The third kappa shape index (κ3) is 2.62. The Morgan fingerprint density at radius 3 is 2.46 bits per heavy atom. The minimum Gasteiger partial charge on any atom is -0.476 e. The van der Waals surface area contributed by atoms with Gasteiger partial charge in [0.05, 0.1) is 22.2 Å². The van der Waals surface area contributed by atoms with Crippen LogP contribution < -0.4 is 5.43 Å². The number of carboxylic acid groups (broad SMARTS) is 1. The molecule has 0 aliphatic rings. The van der Waals surface area contributed by atoms with Crippen molar-refractivity contribution in [3.8, 4) is 5.69 Å². The molecule has 0 saturated carbocycles. The molecule has 5 nitrogen and oxygen atoms in total. The molecule has 2 aromatic carbocycles. The zero-order valence-corrected chi connectivity index (χ0v) is 11.9. The lowest BCUT2D eigenvalue weighted by Gasteiger charge is -2.13. The Labute approximate surface area is 132 Å². The maximum atomic E-state index is 12.9. The van der Waals surface area contributed by atoms with E-state index in [0.717, 1.165) is 16.8 Å². The zero-order chi connectivity index (χ0) is 17.5. The average Bonchev–Trinajstić information content (AvgIpc) is 2.54. The van der Waals surface area contributed by atoms with Crippen LogP contribution in [0.2, 0.25) is 0 Å². The van der Waals surface area contributed by atoms with Gasteiger partial charge in [-0.05, 0) is 30.3 Å². The summed E-state index contributed by atoms with van der Waals surface area (Å²) in [5, 5.41) is 12.9. The van der Waals surface area contributed by atoms with E-state index in [4.69, 9.17) is 5.11 Å². The molecule has 0 atom stereocenters. The number of halogens is 3. The van der Waals surface area contributed by atoms with Crippen molar-refractivity contribution in [3.63, 3.8) is 0 Å². The molecular weight excluding hydrogens is 325 g/mol. The summed E-state index contributed by atoms with van der Waals surface area (Å²) >= 11 is 0. The van der Waals surface area contributed by atoms with Crippen molar-refractivity contribution in [2.24, 2.45) is 0 Å². The number of aromatic nitrogens is 2. The Hall–Kier alpha value is -3.16. The molecule has 3 aromatic rings. The third-order valence-electron chi connectivity index (χ3n) is 3.41. The van der Waals surface area contributed by atoms with Crippen molar-refractivity contribution < 1.29 is 23.1 Å². The largest absolute Gasteiger partial charge is 0.476 e. The first-order valence-electron chi connectivity index (χ1n) is 6.72. The highest BCUT2D eigenvalue weighted by molar-refractivity contribution is 5.90. The van der Waals surface area contributed by atoms with E-state index in [9.17, 15) is 22.8 Å². The molecular formula is C16H9F3N2O3. The van der Waals surface area contributed by atoms with Gasteiger partial charge in [0.2, 0.25) is 11.1 Å². The monoisotopic (exact) mass is 334 g/mol. The van der Waals surface area contributed by atoms with Gasteiger partial charge in [0.15, 0.2) is 0 Å². The minimum atomic E-state index is -4.56. The Bertz CT molecular complexity index is 1010. The lowest BCUT2D eigenvalue weighted by molar-refractivity contribution is -0.137. The number of hydrogen-bond acceptors (Lipinski definition) is 3. The third-order valence-corrected chi connectivity index (χ3v) is 3.41. The van der Waals surface area contributed by atoms with Crippen LogP contribution >= 0.6 is 0 Å². The van der Waals surface area contributed by atoms with Gasteiger partial charge in [0.25, 0.3) is 0 Å². The number of aromatic carboxylic acids is 1. The molecule has 0 radical (unpaired) electrons. The molecule has 0 aliphatic heterocycles. The van der Waals surface area contributed by atoms with Crippen molar-refractivity contribution >= 4 is 16.9 Å². The summed E-state index contributed by atoms with van der Waals surface area (Å²) in [6.45, 7) is 0. The van der Waals surface area contributed by atoms with Crippen LogP contribution in [0.15, 0.2) is 53.3 Å². The highest BCUT2D eigenvalue weighted by atomic mass is 19.4.